The van der Waals surface area contributed by atoms with Crippen molar-refractivity contribution in [2.24, 2.45) is 0 Å². The van der Waals surface area contributed by atoms with Crippen LogP contribution in [0.1, 0.15) is 26.5 Å². The smallest absolute Gasteiger partial charge is 0.323 e. The van der Waals surface area contributed by atoms with Crippen LogP contribution in [0.5, 0.6) is 0 Å². The van der Waals surface area contributed by atoms with Crippen molar-refractivity contribution in [3.05, 3.63) is 30.0 Å². The van der Waals surface area contributed by atoms with Crippen LogP contribution >= 0.6 is 0 Å². The quantitative estimate of drug-likeness (QED) is 0.932. The first-order valence-electron chi connectivity index (χ1n) is 6.64. The van der Waals surface area contributed by atoms with Crippen LogP contribution in [-0.2, 0) is 16.0 Å². The number of nitrogens with zero attached hydrogens (tertiary/aromatic N) is 2. The minimum absolute atomic E-state index is 0.0154. The van der Waals surface area contributed by atoms with Crippen LogP contribution in [-0.4, -0.2) is 39.1 Å². The predicted molar refractivity (Wildman–Crippen MR) is 76.8 cm³/mol. The first-order valence-corrected chi connectivity index (χ1v) is 6.64. The molecule has 0 radical (unpaired) electrons. The van der Waals surface area contributed by atoms with E-state index in [-0.39, 0.29) is 18.9 Å². The molecule has 0 aliphatic heterocycles. The molecule has 0 spiro atoms. The second-order valence-electron chi connectivity index (χ2n) is 5.85. The number of carbonyl (C=O) groups is 2. The highest BCUT2D eigenvalue weighted by Gasteiger charge is 2.29. The third-order valence-corrected chi connectivity index (χ3v) is 3.17. The zero-order chi connectivity index (χ0) is 15.6. The van der Waals surface area contributed by atoms with Crippen molar-refractivity contribution in [1.82, 2.24) is 10.1 Å². The summed E-state index contributed by atoms with van der Waals surface area (Å²) in [5.74, 6) is -1.33. The molecule has 2 aromatic rings. The Morgan fingerprint density at radius 3 is 2.57 bits per heavy atom. The van der Waals surface area contributed by atoms with Crippen molar-refractivity contribution in [2.75, 3.05) is 6.54 Å². The number of para-hydroxylation sites is 1. The zero-order valence-electron chi connectivity index (χ0n) is 12.3. The van der Waals surface area contributed by atoms with Crippen molar-refractivity contribution in [3.8, 4) is 0 Å². The van der Waals surface area contributed by atoms with Crippen LogP contribution in [0.2, 0.25) is 0 Å². The van der Waals surface area contributed by atoms with Crippen LogP contribution < -0.4 is 0 Å². The normalized spacial score (nSPS) is 11.6. The number of carboxylic acid groups (broad SMARTS) is 1. The molecule has 1 heterocycles. The number of hydrogen-bond donors (Lipinski definition) is 1. The fourth-order valence-electron chi connectivity index (χ4n) is 2.14. The average molecular weight is 290 g/mol. The highest BCUT2D eigenvalue weighted by Crippen LogP contribution is 2.20. The van der Waals surface area contributed by atoms with E-state index in [9.17, 15) is 9.59 Å². The molecule has 1 amide bonds. The van der Waals surface area contributed by atoms with Crippen molar-refractivity contribution >= 4 is 22.8 Å². The highest BCUT2D eigenvalue weighted by molar-refractivity contribution is 5.88. The predicted octanol–water partition coefficient (Wildman–Crippen LogP) is 2.08. The monoisotopic (exact) mass is 290 g/mol. The fraction of sp³-hybridized carbons (Fsp3) is 0.400. The van der Waals surface area contributed by atoms with Crippen LogP contribution in [0.3, 0.4) is 0 Å². The SMILES string of the molecule is CC(C)(C)N(CC(=O)O)C(=O)Cc1noc2ccccc12. The summed E-state index contributed by atoms with van der Waals surface area (Å²) in [6, 6.07) is 7.26. The van der Waals surface area contributed by atoms with Crippen molar-refractivity contribution in [3.63, 3.8) is 0 Å². The van der Waals surface area contributed by atoms with E-state index in [0.29, 0.717) is 11.3 Å². The average Bonchev–Trinajstić information content (AvgIpc) is 2.78. The third-order valence-electron chi connectivity index (χ3n) is 3.17. The van der Waals surface area contributed by atoms with E-state index in [1.54, 1.807) is 26.8 Å². The van der Waals surface area contributed by atoms with Crippen LogP contribution in [0.15, 0.2) is 28.8 Å². The van der Waals surface area contributed by atoms with Gasteiger partial charge in [-0.1, -0.05) is 17.3 Å². The van der Waals surface area contributed by atoms with Gasteiger partial charge in [-0.15, -0.1) is 0 Å². The van der Waals surface area contributed by atoms with Crippen LogP contribution in [0.4, 0.5) is 0 Å². The molecule has 0 bridgehead atoms. The number of aliphatic carboxylic acids is 1. The Kier molecular flexibility index (Phi) is 3.97. The molecule has 6 heteroatoms. The molecule has 0 fully saturated rings. The molecule has 112 valence electrons. The van der Waals surface area contributed by atoms with Crippen molar-refractivity contribution < 1.29 is 19.2 Å². The first-order chi connectivity index (χ1) is 9.79. The molecule has 0 unspecified atom stereocenters. The zero-order valence-corrected chi connectivity index (χ0v) is 12.3. The summed E-state index contributed by atoms with van der Waals surface area (Å²) >= 11 is 0. The summed E-state index contributed by atoms with van der Waals surface area (Å²) in [6.45, 7) is 5.07. The maximum absolute atomic E-state index is 12.4. The standard InChI is InChI=1S/C15H18N2O4/c1-15(2,3)17(9-14(19)20)13(18)8-11-10-6-4-5-7-12(10)21-16-11/h4-7H,8-9H2,1-3H3,(H,19,20). The molecule has 1 aromatic carbocycles. The van der Waals surface area contributed by atoms with Gasteiger partial charge in [-0.25, -0.2) is 0 Å². The lowest BCUT2D eigenvalue weighted by Crippen LogP contribution is -2.48. The van der Waals surface area contributed by atoms with Gasteiger partial charge in [0.25, 0.3) is 0 Å². The van der Waals surface area contributed by atoms with E-state index in [2.05, 4.69) is 5.16 Å². The molecule has 1 N–H and O–H groups in total. The summed E-state index contributed by atoms with van der Waals surface area (Å²) in [6.07, 6.45) is 0.0154. The Bertz CT molecular complexity index is 670. The maximum Gasteiger partial charge on any atom is 0.323 e. The van der Waals surface area contributed by atoms with Crippen molar-refractivity contribution in [2.45, 2.75) is 32.7 Å². The first kappa shape index (κ1) is 15.0. The van der Waals surface area contributed by atoms with Crippen LogP contribution in [0.25, 0.3) is 11.0 Å². The summed E-state index contributed by atoms with van der Waals surface area (Å²) in [7, 11) is 0. The number of carboxylic acids is 1. The highest BCUT2D eigenvalue weighted by atomic mass is 16.5. The molecule has 0 atom stereocenters. The number of aromatic nitrogens is 1. The van der Waals surface area contributed by atoms with Gasteiger partial charge < -0.3 is 14.5 Å². The largest absolute Gasteiger partial charge is 0.480 e. The summed E-state index contributed by atoms with van der Waals surface area (Å²) < 4.78 is 5.16. The molecule has 0 saturated carbocycles. The second-order valence-corrected chi connectivity index (χ2v) is 5.85. The van der Waals surface area contributed by atoms with Gasteiger partial charge in [0.1, 0.15) is 12.2 Å². The molecule has 21 heavy (non-hydrogen) atoms. The Balaban J connectivity index is 2.24. The Morgan fingerprint density at radius 2 is 1.95 bits per heavy atom. The van der Waals surface area contributed by atoms with Crippen LogP contribution in [0, 0.1) is 0 Å². The lowest BCUT2D eigenvalue weighted by atomic mass is 10.0. The summed E-state index contributed by atoms with van der Waals surface area (Å²) in [5.41, 5.74) is 0.561. The molecular formula is C15H18N2O4. The minimum Gasteiger partial charge on any atom is -0.480 e. The summed E-state index contributed by atoms with van der Waals surface area (Å²) in [5, 5.41) is 13.6. The van der Waals surface area contributed by atoms with E-state index in [1.165, 1.54) is 4.90 Å². The van der Waals surface area contributed by atoms with Gasteiger partial charge in [0.2, 0.25) is 5.91 Å². The molecule has 0 saturated heterocycles. The van der Waals surface area contributed by atoms with E-state index in [4.69, 9.17) is 9.63 Å². The topological polar surface area (TPSA) is 83.6 Å². The number of rotatable bonds is 4. The molecule has 2 rings (SSSR count). The van der Waals surface area contributed by atoms with E-state index >= 15 is 0 Å². The molecule has 0 aliphatic carbocycles. The molecule has 1 aromatic heterocycles. The molecular weight excluding hydrogens is 272 g/mol. The number of fused-ring (bicyclic) bond motifs is 1. The minimum atomic E-state index is -1.04. The van der Waals surface area contributed by atoms with E-state index < -0.39 is 11.5 Å². The number of carbonyl (C=O) groups excluding carboxylic acids is 1. The fourth-order valence-corrected chi connectivity index (χ4v) is 2.14. The lowest BCUT2D eigenvalue weighted by molar-refractivity contribution is -0.147. The number of benzene rings is 1. The van der Waals surface area contributed by atoms with Crippen molar-refractivity contribution in [1.29, 1.82) is 0 Å². The van der Waals surface area contributed by atoms with Gasteiger partial charge in [-0.2, -0.15) is 0 Å². The lowest BCUT2D eigenvalue weighted by Gasteiger charge is -2.34. The number of amides is 1. The maximum atomic E-state index is 12.4. The van der Waals surface area contributed by atoms with Gasteiger partial charge in [-0.05, 0) is 32.9 Å². The Morgan fingerprint density at radius 1 is 1.29 bits per heavy atom. The van der Waals surface area contributed by atoms with Gasteiger partial charge in [-0.3, -0.25) is 9.59 Å². The third kappa shape index (κ3) is 3.39. The Hall–Kier alpha value is -2.37. The molecule has 6 nitrogen and oxygen atoms in total. The second kappa shape index (κ2) is 5.55. The summed E-state index contributed by atoms with van der Waals surface area (Å²) in [4.78, 5) is 24.7. The van der Waals surface area contributed by atoms with E-state index in [0.717, 1.165) is 5.39 Å². The Labute approximate surface area is 122 Å². The molecule has 0 aliphatic rings. The van der Waals surface area contributed by atoms with Gasteiger partial charge in [0.05, 0.1) is 6.42 Å². The van der Waals surface area contributed by atoms with Gasteiger partial charge in [0, 0.05) is 10.9 Å². The van der Waals surface area contributed by atoms with Gasteiger partial charge in [0.15, 0.2) is 5.58 Å². The van der Waals surface area contributed by atoms with Gasteiger partial charge >= 0.3 is 5.97 Å². The number of hydrogen-bond acceptors (Lipinski definition) is 4. The van der Waals surface area contributed by atoms with E-state index in [1.807, 2.05) is 18.2 Å².